The van der Waals surface area contributed by atoms with Gasteiger partial charge >= 0.3 is 5.97 Å². The van der Waals surface area contributed by atoms with Crippen molar-refractivity contribution < 1.29 is 14.7 Å². The number of carboxylic acid groups (broad SMARTS) is 1. The summed E-state index contributed by atoms with van der Waals surface area (Å²) in [7, 11) is 0. The second-order valence-corrected chi connectivity index (χ2v) is 11.7. The molecular formula is C31H28Cl2N8O3. The lowest BCUT2D eigenvalue weighted by atomic mass is 9.98. The quantitative estimate of drug-likeness (QED) is 0.151. The number of nitrogens with zero attached hydrogens (tertiary/aromatic N) is 5. The van der Waals surface area contributed by atoms with E-state index in [9.17, 15) is 14.7 Å². The Morgan fingerprint density at radius 1 is 0.955 bits per heavy atom. The zero-order chi connectivity index (χ0) is 31.0. The summed E-state index contributed by atoms with van der Waals surface area (Å²) >= 11 is 13.7. The molecule has 0 bridgehead atoms. The third-order valence-electron chi connectivity index (χ3n) is 7.51. The Balaban J connectivity index is 1.25. The number of carbonyl (C=O) groups excluding carboxylic acids is 1. The van der Waals surface area contributed by atoms with E-state index in [0.29, 0.717) is 55.9 Å². The van der Waals surface area contributed by atoms with E-state index in [0.717, 1.165) is 18.5 Å². The third kappa shape index (κ3) is 5.69. The van der Waals surface area contributed by atoms with E-state index in [2.05, 4.69) is 36.0 Å². The Hall–Kier alpha value is -4.58. The van der Waals surface area contributed by atoms with Crippen molar-refractivity contribution in [1.29, 1.82) is 0 Å². The molecule has 1 amide bonds. The predicted octanol–water partition coefficient (Wildman–Crippen LogP) is 6.48. The van der Waals surface area contributed by atoms with Crippen LogP contribution in [0.5, 0.6) is 0 Å². The summed E-state index contributed by atoms with van der Waals surface area (Å²) in [4.78, 5) is 38.1. The van der Waals surface area contributed by atoms with Crippen molar-refractivity contribution in [2.45, 2.75) is 44.8 Å². The predicted molar refractivity (Wildman–Crippen MR) is 170 cm³/mol. The van der Waals surface area contributed by atoms with Gasteiger partial charge in [0.2, 0.25) is 0 Å². The number of carboxylic acids is 1. The highest BCUT2D eigenvalue weighted by atomic mass is 35.5. The van der Waals surface area contributed by atoms with Crippen LogP contribution in [0.15, 0.2) is 67.1 Å². The maximum absolute atomic E-state index is 13.3. The van der Waals surface area contributed by atoms with Gasteiger partial charge in [-0.3, -0.25) is 24.6 Å². The monoisotopic (exact) mass is 630 g/mol. The molecule has 0 saturated carbocycles. The van der Waals surface area contributed by atoms with Gasteiger partial charge in [0.1, 0.15) is 11.1 Å². The highest BCUT2D eigenvalue weighted by molar-refractivity contribution is 6.39. The Morgan fingerprint density at radius 2 is 1.66 bits per heavy atom. The van der Waals surface area contributed by atoms with Crippen LogP contribution in [0.2, 0.25) is 10.0 Å². The third-order valence-corrected chi connectivity index (χ3v) is 8.32. The fourth-order valence-electron chi connectivity index (χ4n) is 5.21. The molecule has 0 spiro atoms. The van der Waals surface area contributed by atoms with Gasteiger partial charge in [-0.2, -0.15) is 5.10 Å². The smallest absolute Gasteiger partial charge is 0.323 e. The first-order valence-electron chi connectivity index (χ1n) is 13.9. The molecule has 3 aromatic heterocycles. The number of nitrogens with one attached hydrogen (secondary N) is 3. The Morgan fingerprint density at radius 3 is 2.41 bits per heavy atom. The van der Waals surface area contributed by atoms with E-state index >= 15 is 0 Å². The number of fused-ring (bicyclic) bond motifs is 2. The lowest BCUT2D eigenvalue weighted by molar-refractivity contribution is -0.143. The number of aliphatic carboxylic acids is 1. The van der Waals surface area contributed by atoms with Crippen LogP contribution in [0.4, 0.5) is 17.2 Å². The van der Waals surface area contributed by atoms with Gasteiger partial charge in [0.25, 0.3) is 5.91 Å². The minimum absolute atomic E-state index is 0.207. The van der Waals surface area contributed by atoms with Gasteiger partial charge < -0.3 is 15.7 Å². The van der Waals surface area contributed by atoms with Gasteiger partial charge in [-0.15, -0.1) is 0 Å². The van der Waals surface area contributed by atoms with Gasteiger partial charge in [-0.05, 0) is 51.0 Å². The molecule has 6 rings (SSSR count). The summed E-state index contributed by atoms with van der Waals surface area (Å²) in [5, 5.41) is 24.1. The summed E-state index contributed by atoms with van der Waals surface area (Å²) in [6, 6.07) is 14.0. The molecule has 1 atom stereocenters. The van der Waals surface area contributed by atoms with Crippen LogP contribution in [-0.2, 0) is 11.3 Å². The molecule has 13 heteroatoms. The highest BCUT2D eigenvalue weighted by Gasteiger charge is 2.33. The number of hydrogen-bond acceptors (Lipinski definition) is 8. The van der Waals surface area contributed by atoms with Gasteiger partial charge in [-0.25, -0.2) is 9.97 Å². The van der Waals surface area contributed by atoms with E-state index in [1.165, 1.54) is 0 Å². The van der Waals surface area contributed by atoms with Crippen molar-refractivity contribution in [2.75, 3.05) is 10.6 Å². The van der Waals surface area contributed by atoms with E-state index < -0.39 is 17.4 Å². The zero-order valence-corrected chi connectivity index (χ0v) is 25.3. The Labute approximate surface area is 262 Å². The van der Waals surface area contributed by atoms with Crippen LogP contribution < -0.4 is 16.0 Å². The van der Waals surface area contributed by atoms with Crippen molar-refractivity contribution in [3.63, 3.8) is 0 Å². The van der Waals surface area contributed by atoms with Crippen LogP contribution in [0, 0.1) is 0 Å². The zero-order valence-electron chi connectivity index (χ0n) is 23.8. The SMILES string of the molecule is CC(C)(N[C@@H]1CCCn2nc(C(=O)Nc3cccc(-c4cccc(Nc5nccc6nccnc56)c4Cl)c3Cl)cc21)C(=O)O. The number of aryl methyl sites for hydroxylation is 1. The molecule has 2 aromatic carbocycles. The van der Waals surface area contributed by atoms with Gasteiger partial charge in [0.15, 0.2) is 11.5 Å². The molecule has 1 aliphatic heterocycles. The van der Waals surface area contributed by atoms with Crippen molar-refractivity contribution in [2.24, 2.45) is 0 Å². The summed E-state index contributed by atoms with van der Waals surface area (Å²) in [5.41, 5.74) is 3.38. The minimum Gasteiger partial charge on any atom is -0.480 e. The summed E-state index contributed by atoms with van der Waals surface area (Å²) in [6.07, 6.45) is 6.39. The first kappa shape index (κ1) is 29.5. The summed E-state index contributed by atoms with van der Waals surface area (Å²) in [6.45, 7) is 3.86. The van der Waals surface area contributed by atoms with E-state index in [-0.39, 0.29) is 11.7 Å². The van der Waals surface area contributed by atoms with Gasteiger partial charge in [0.05, 0.1) is 38.7 Å². The molecule has 0 aliphatic carbocycles. The molecule has 0 saturated heterocycles. The first-order chi connectivity index (χ1) is 21.1. The molecule has 224 valence electrons. The number of rotatable bonds is 8. The van der Waals surface area contributed by atoms with Crippen molar-refractivity contribution in [3.05, 3.63) is 88.6 Å². The van der Waals surface area contributed by atoms with Crippen LogP contribution in [0.1, 0.15) is 48.9 Å². The standard InChI is InChI=1S/C31H28Cl2N8O3/c1-31(2,30(43)44)39-19-10-5-15-41-24(19)16-23(40-41)29(42)38-21-9-4-7-18(26(21)33)17-6-3-8-20(25(17)32)37-28-27-22(11-12-36-28)34-13-14-35-27/h3-4,6-9,11-14,16,19,39H,5,10,15H2,1-2H3,(H,36,37)(H,38,42)(H,43,44)/t19-/m1/s1. The van der Waals surface area contributed by atoms with Crippen LogP contribution >= 0.6 is 23.2 Å². The molecule has 0 radical (unpaired) electrons. The lowest BCUT2D eigenvalue weighted by Crippen LogP contribution is -2.49. The Kier molecular flexibility index (Phi) is 7.93. The molecule has 4 heterocycles. The average Bonchev–Trinajstić information content (AvgIpc) is 3.45. The van der Waals surface area contributed by atoms with Crippen LogP contribution in [-0.4, -0.2) is 47.3 Å². The highest BCUT2D eigenvalue weighted by Crippen LogP contribution is 2.41. The maximum Gasteiger partial charge on any atom is 0.323 e. The number of amides is 1. The second-order valence-electron chi connectivity index (χ2n) is 10.9. The molecule has 5 aromatic rings. The van der Waals surface area contributed by atoms with Crippen molar-refractivity contribution >= 4 is 63.3 Å². The molecule has 0 unspecified atom stereocenters. The largest absolute Gasteiger partial charge is 0.480 e. The maximum atomic E-state index is 13.3. The second kappa shape index (κ2) is 11.8. The number of anilines is 3. The fourth-order valence-corrected chi connectivity index (χ4v) is 5.76. The number of hydrogen-bond donors (Lipinski definition) is 4. The van der Waals surface area contributed by atoms with Crippen molar-refractivity contribution in [3.8, 4) is 11.1 Å². The summed E-state index contributed by atoms with van der Waals surface area (Å²) < 4.78 is 1.75. The lowest BCUT2D eigenvalue weighted by Gasteiger charge is -2.31. The van der Waals surface area contributed by atoms with E-state index in [4.69, 9.17) is 23.2 Å². The number of halogens is 2. The topological polar surface area (TPSA) is 147 Å². The summed E-state index contributed by atoms with van der Waals surface area (Å²) in [5.74, 6) is -0.886. The molecule has 11 nitrogen and oxygen atoms in total. The molecule has 44 heavy (non-hydrogen) atoms. The number of benzene rings is 2. The number of pyridine rings is 1. The number of carbonyl (C=O) groups is 2. The van der Waals surface area contributed by atoms with Crippen LogP contribution in [0.3, 0.4) is 0 Å². The van der Waals surface area contributed by atoms with Gasteiger partial charge in [-0.1, -0.05) is 47.5 Å². The van der Waals surface area contributed by atoms with Crippen molar-refractivity contribution in [1.82, 2.24) is 30.0 Å². The first-order valence-corrected chi connectivity index (χ1v) is 14.7. The number of aromatic nitrogens is 5. The molecular weight excluding hydrogens is 603 g/mol. The minimum atomic E-state index is -1.14. The van der Waals surface area contributed by atoms with Crippen LogP contribution in [0.25, 0.3) is 22.2 Å². The Bertz CT molecular complexity index is 1900. The van der Waals surface area contributed by atoms with E-state index in [1.807, 2.05) is 24.3 Å². The average molecular weight is 632 g/mol. The van der Waals surface area contributed by atoms with E-state index in [1.54, 1.807) is 61.4 Å². The molecule has 1 aliphatic rings. The molecule has 0 fully saturated rings. The van der Waals surface area contributed by atoms with Gasteiger partial charge in [0, 0.05) is 36.3 Å². The fraction of sp³-hybridized carbons (Fsp3) is 0.226. The molecule has 4 N–H and O–H groups in total. The normalized spacial score (nSPS) is 14.7.